The number of carbonyl (C=O) groups excluding carboxylic acids is 1. The van der Waals surface area contributed by atoms with Crippen molar-refractivity contribution < 1.29 is 14.3 Å². The van der Waals surface area contributed by atoms with Crippen molar-refractivity contribution in [3.8, 4) is 0 Å². The first-order valence-electron chi connectivity index (χ1n) is 7.37. The van der Waals surface area contributed by atoms with Crippen LogP contribution in [-0.4, -0.2) is 24.8 Å². The lowest BCUT2D eigenvalue weighted by Gasteiger charge is -2.31. The largest absolute Gasteiger partial charge is 0.459 e. The second-order valence-corrected chi connectivity index (χ2v) is 6.70. The van der Waals surface area contributed by atoms with Crippen LogP contribution in [0.15, 0.2) is 0 Å². The second kappa shape index (κ2) is 4.52. The molecule has 4 unspecified atom stereocenters. The van der Waals surface area contributed by atoms with Crippen LogP contribution in [0, 0.1) is 17.8 Å². The molecule has 0 aromatic heterocycles. The highest BCUT2D eigenvalue weighted by molar-refractivity contribution is 5.74. The molecule has 4 atom stereocenters. The lowest BCUT2D eigenvalue weighted by Crippen LogP contribution is -2.37. The molecule has 3 aliphatic carbocycles. The van der Waals surface area contributed by atoms with Crippen LogP contribution >= 0.6 is 0 Å². The van der Waals surface area contributed by atoms with E-state index in [9.17, 15) is 4.79 Å². The summed E-state index contributed by atoms with van der Waals surface area (Å²) < 4.78 is 11.3. The number of fused-ring (bicyclic) bond motifs is 2. The van der Waals surface area contributed by atoms with Crippen molar-refractivity contribution in [1.82, 2.24) is 0 Å². The molecule has 3 fully saturated rings. The molecule has 3 saturated carbocycles. The minimum atomic E-state index is -0.179. The van der Waals surface area contributed by atoms with E-state index in [1.54, 1.807) is 7.11 Å². The number of methoxy groups -OCH3 is 1. The molecule has 3 rings (SSSR count). The predicted octanol–water partition coefficient (Wildman–Crippen LogP) is 2.92. The van der Waals surface area contributed by atoms with E-state index in [1.165, 1.54) is 12.8 Å². The molecule has 0 aromatic carbocycles. The number of rotatable bonds is 3. The van der Waals surface area contributed by atoms with Gasteiger partial charge in [0.2, 0.25) is 0 Å². The van der Waals surface area contributed by atoms with E-state index in [2.05, 4.69) is 6.92 Å². The fraction of sp³-hybridized carbons (Fsp3) is 0.933. The monoisotopic (exact) mass is 252 g/mol. The zero-order valence-electron chi connectivity index (χ0n) is 11.5. The van der Waals surface area contributed by atoms with Gasteiger partial charge in [-0.3, -0.25) is 4.79 Å². The first-order chi connectivity index (χ1) is 8.61. The maximum absolute atomic E-state index is 12.4. The van der Waals surface area contributed by atoms with Gasteiger partial charge < -0.3 is 9.47 Å². The Balaban J connectivity index is 1.63. The third kappa shape index (κ3) is 2.07. The molecule has 0 spiro atoms. The van der Waals surface area contributed by atoms with Crippen LogP contribution in [-0.2, 0) is 14.3 Å². The van der Waals surface area contributed by atoms with Crippen molar-refractivity contribution in [3.63, 3.8) is 0 Å². The zero-order chi connectivity index (χ0) is 12.8. The fourth-order valence-corrected chi connectivity index (χ4v) is 4.37. The standard InChI is InChI=1S/C15H24O3/c1-15(5-3-4-6-15)18-14(16)12-8-10-7-11(12)13(9-10)17-2/h10-13H,3-9H2,1-2H3. The highest BCUT2D eigenvalue weighted by Gasteiger charge is 2.51. The maximum Gasteiger partial charge on any atom is 0.309 e. The van der Waals surface area contributed by atoms with Gasteiger partial charge in [-0.15, -0.1) is 0 Å². The SMILES string of the molecule is COC1CC2CC(C(=O)OC3(C)CCCC3)C1C2. The molecule has 3 nitrogen and oxygen atoms in total. The molecule has 3 aliphatic rings. The Morgan fingerprint density at radius 2 is 1.89 bits per heavy atom. The maximum atomic E-state index is 12.4. The molecule has 0 aromatic rings. The quantitative estimate of drug-likeness (QED) is 0.724. The first kappa shape index (κ1) is 12.5. The highest BCUT2D eigenvalue weighted by atomic mass is 16.6. The molecular weight excluding hydrogens is 228 g/mol. The number of hydrogen-bond acceptors (Lipinski definition) is 3. The molecule has 0 amide bonds. The average molecular weight is 252 g/mol. The Morgan fingerprint density at radius 3 is 2.50 bits per heavy atom. The summed E-state index contributed by atoms with van der Waals surface area (Å²) in [6, 6.07) is 0. The molecule has 0 N–H and O–H groups in total. The van der Waals surface area contributed by atoms with Crippen molar-refractivity contribution in [3.05, 3.63) is 0 Å². The number of hydrogen-bond donors (Lipinski definition) is 0. The number of esters is 1. The number of ether oxygens (including phenoxy) is 2. The molecule has 0 radical (unpaired) electrons. The molecule has 18 heavy (non-hydrogen) atoms. The Bertz CT molecular complexity index is 333. The lowest BCUT2D eigenvalue weighted by atomic mass is 9.86. The minimum absolute atomic E-state index is 0.0497. The van der Waals surface area contributed by atoms with Crippen LogP contribution in [0.4, 0.5) is 0 Å². The fourth-order valence-electron chi connectivity index (χ4n) is 4.37. The van der Waals surface area contributed by atoms with Crippen LogP contribution in [0.1, 0.15) is 51.9 Å². The Morgan fingerprint density at radius 1 is 1.17 bits per heavy atom. The summed E-state index contributed by atoms with van der Waals surface area (Å²) in [7, 11) is 1.77. The van der Waals surface area contributed by atoms with Gasteiger partial charge >= 0.3 is 5.97 Å². The highest BCUT2D eigenvalue weighted by Crippen LogP contribution is 2.50. The summed E-state index contributed by atoms with van der Waals surface area (Å²) in [6.07, 6.45) is 8.08. The van der Waals surface area contributed by atoms with E-state index in [-0.39, 0.29) is 23.6 Å². The van der Waals surface area contributed by atoms with Gasteiger partial charge in [-0.1, -0.05) is 0 Å². The van der Waals surface area contributed by atoms with E-state index in [4.69, 9.17) is 9.47 Å². The van der Waals surface area contributed by atoms with Crippen molar-refractivity contribution >= 4 is 5.97 Å². The third-order valence-corrected chi connectivity index (χ3v) is 5.37. The summed E-state index contributed by atoms with van der Waals surface area (Å²) in [5.74, 6) is 1.26. The Hall–Kier alpha value is -0.570. The lowest BCUT2D eigenvalue weighted by molar-refractivity contribution is -0.166. The van der Waals surface area contributed by atoms with Crippen molar-refractivity contribution in [1.29, 1.82) is 0 Å². The third-order valence-electron chi connectivity index (χ3n) is 5.37. The van der Waals surface area contributed by atoms with Crippen LogP contribution in [0.3, 0.4) is 0 Å². The van der Waals surface area contributed by atoms with Crippen LogP contribution in [0.5, 0.6) is 0 Å². The summed E-state index contributed by atoms with van der Waals surface area (Å²) in [5.41, 5.74) is -0.179. The topological polar surface area (TPSA) is 35.5 Å². The van der Waals surface area contributed by atoms with E-state index in [0.717, 1.165) is 32.1 Å². The molecule has 3 heteroatoms. The Labute approximate surface area is 109 Å². The van der Waals surface area contributed by atoms with E-state index >= 15 is 0 Å². The van der Waals surface area contributed by atoms with Crippen molar-refractivity contribution in [2.24, 2.45) is 17.8 Å². The Kier molecular flexibility index (Phi) is 3.13. The number of carbonyl (C=O) groups is 1. The summed E-state index contributed by atoms with van der Waals surface area (Å²) in [5, 5.41) is 0. The molecule has 2 bridgehead atoms. The van der Waals surface area contributed by atoms with Gasteiger partial charge in [0.25, 0.3) is 0 Å². The summed E-state index contributed by atoms with van der Waals surface area (Å²) in [4.78, 5) is 12.4. The van der Waals surface area contributed by atoms with Crippen LogP contribution < -0.4 is 0 Å². The molecule has 102 valence electrons. The van der Waals surface area contributed by atoms with E-state index in [0.29, 0.717) is 11.8 Å². The van der Waals surface area contributed by atoms with Gasteiger partial charge in [-0.25, -0.2) is 0 Å². The zero-order valence-corrected chi connectivity index (χ0v) is 11.5. The van der Waals surface area contributed by atoms with Gasteiger partial charge in [0, 0.05) is 7.11 Å². The minimum Gasteiger partial charge on any atom is -0.459 e. The van der Waals surface area contributed by atoms with E-state index in [1.807, 2.05) is 0 Å². The van der Waals surface area contributed by atoms with Crippen molar-refractivity contribution in [2.45, 2.75) is 63.6 Å². The predicted molar refractivity (Wildman–Crippen MR) is 68.1 cm³/mol. The second-order valence-electron chi connectivity index (χ2n) is 6.70. The smallest absolute Gasteiger partial charge is 0.309 e. The normalized spacial score (nSPS) is 41.2. The van der Waals surface area contributed by atoms with Gasteiger partial charge in [-0.05, 0) is 63.7 Å². The average Bonchev–Trinajstić information content (AvgIpc) is 3.02. The molecular formula is C15H24O3. The van der Waals surface area contributed by atoms with E-state index < -0.39 is 0 Å². The van der Waals surface area contributed by atoms with Crippen LogP contribution in [0.2, 0.25) is 0 Å². The van der Waals surface area contributed by atoms with Crippen LogP contribution in [0.25, 0.3) is 0 Å². The molecule has 0 heterocycles. The van der Waals surface area contributed by atoms with Gasteiger partial charge in [-0.2, -0.15) is 0 Å². The van der Waals surface area contributed by atoms with Gasteiger partial charge in [0.1, 0.15) is 5.60 Å². The van der Waals surface area contributed by atoms with Crippen molar-refractivity contribution in [2.75, 3.05) is 7.11 Å². The summed E-state index contributed by atoms with van der Waals surface area (Å²) in [6.45, 7) is 2.10. The van der Waals surface area contributed by atoms with Gasteiger partial charge in [0.15, 0.2) is 0 Å². The summed E-state index contributed by atoms with van der Waals surface area (Å²) >= 11 is 0. The molecule has 0 saturated heterocycles. The first-order valence-corrected chi connectivity index (χ1v) is 7.37. The molecule has 0 aliphatic heterocycles. The van der Waals surface area contributed by atoms with Gasteiger partial charge in [0.05, 0.1) is 12.0 Å².